The molecule has 0 radical (unpaired) electrons. The van der Waals surface area contributed by atoms with E-state index in [-0.39, 0.29) is 41.5 Å². The van der Waals surface area contributed by atoms with Gasteiger partial charge in [-0.15, -0.1) is 0 Å². The Morgan fingerprint density at radius 1 is 1.17 bits per heavy atom. The van der Waals surface area contributed by atoms with Crippen LogP contribution in [-0.2, 0) is 14.8 Å². The Hall–Kier alpha value is -2.49. The van der Waals surface area contributed by atoms with Crippen LogP contribution in [0.4, 0.5) is 0 Å². The van der Waals surface area contributed by atoms with Gasteiger partial charge in [0.25, 0.3) is 0 Å². The van der Waals surface area contributed by atoms with Gasteiger partial charge in [-0.2, -0.15) is 4.31 Å². The quantitative estimate of drug-likeness (QED) is 0.632. The first-order valence-electron chi connectivity index (χ1n) is 12.8. The zero-order valence-electron chi connectivity index (χ0n) is 21.3. The van der Waals surface area contributed by atoms with E-state index in [2.05, 4.69) is 4.98 Å². The lowest BCUT2D eigenvalue weighted by molar-refractivity contribution is -0.136. The average molecular weight is 516 g/mol. The van der Waals surface area contributed by atoms with Crippen LogP contribution >= 0.6 is 0 Å². The van der Waals surface area contributed by atoms with Crippen LogP contribution in [0.15, 0.2) is 47.6 Å². The summed E-state index contributed by atoms with van der Waals surface area (Å²) in [4.78, 5) is 19.0. The second-order valence-electron chi connectivity index (χ2n) is 10.2. The summed E-state index contributed by atoms with van der Waals surface area (Å²) in [6, 6.07) is 8.20. The highest BCUT2D eigenvalue weighted by Gasteiger charge is 2.39. The number of aliphatic hydroxyl groups excluding tert-OH is 1. The van der Waals surface area contributed by atoms with Crippen LogP contribution in [0.3, 0.4) is 0 Å². The van der Waals surface area contributed by atoms with E-state index >= 15 is 0 Å². The van der Waals surface area contributed by atoms with Crippen molar-refractivity contribution in [1.29, 1.82) is 0 Å². The van der Waals surface area contributed by atoms with Crippen molar-refractivity contribution >= 4 is 15.9 Å². The van der Waals surface area contributed by atoms with Crippen molar-refractivity contribution in [2.24, 2.45) is 11.8 Å². The second kappa shape index (κ2) is 11.3. The van der Waals surface area contributed by atoms with Gasteiger partial charge in [0.05, 0.1) is 13.2 Å². The number of amides is 1. The summed E-state index contributed by atoms with van der Waals surface area (Å²) in [6.45, 7) is 3.89. The fourth-order valence-corrected chi connectivity index (χ4v) is 7.01. The summed E-state index contributed by atoms with van der Waals surface area (Å²) < 4.78 is 35.2. The smallest absolute Gasteiger partial charge is 0.247 e. The van der Waals surface area contributed by atoms with Crippen molar-refractivity contribution in [2.45, 2.75) is 63.0 Å². The van der Waals surface area contributed by atoms with Gasteiger partial charge in [-0.25, -0.2) is 8.42 Å². The zero-order chi connectivity index (χ0) is 25.9. The third kappa shape index (κ3) is 5.58. The Morgan fingerprint density at radius 3 is 2.53 bits per heavy atom. The molecule has 2 aliphatic rings. The van der Waals surface area contributed by atoms with E-state index in [1.165, 1.54) is 10.7 Å². The second-order valence-corrected chi connectivity index (χ2v) is 12.0. The van der Waals surface area contributed by atoms with Gasteiger partial charge in [0.15, 0.2) is 0 Å². The molecule has 1 aromatic carbocycles. The molecule has 2 aromatic rings. The molecular formula is C27H37N3O5S. The first kappa shape index (κ1) is 26.6. The lowest BCUT2D eigenvalue weighted by Crippen LogP contribution is -2.50. The van der Waals surface area contributed by atoms with Crippen molar-refractivity contribution < 1.29 is 23.1 Å². The van der Waals surface area contributed by atoms with Crippen LogP contribution in [-0.4, -0.2) is 72.5 Å². The van der Waals surface area contributed by atoms with Gasteiger partial charge in [0, 0.05) is 43.9 Å². The summed E-state index contributed by atoms with van der Waals surface area (Å²) in [6.07, 6.45) is 8.13. The van der Waals surface area contributed by atoms with Gasteiger partial charge in [0.1, 0.15) is 16.7 Å². The normalized spacial score (nSPS) is 23.6. The standard InChI is InChI=1S/C27H37N3O5S/c1-19-16-30(20(2)18-31)36(33,34)26-10-9-23(21-11-13-28-14-12-21)15-24(26)35-25(19)17-29(3)27(32)22-7-5-4-6-8-22/h9-15,19-20,22,25,31H,4-8,16-18H2,1-3H3/t19-,20+,25+/m0/s1. The van der Waals surface area contributed by atoms with E-state index in [0.29, 0.717) is 6.54 Å². The molecule has 1 saturated carbocycles. The molecule has 0 bridgehead atoms. The van der Waals surface area contributed by atoms with Crippen molar-refractivity contribution in [1.82, 2.24) is 14.2 Å². The highest BCUT2D eigenvalue weighted by Crippen LogP contribution is 2.36. The van der Waals surface area contributed by atoms with Crippen LogP contribution in [0.5, 0.6) is 5.75 Å². The van der Waals surface area contributed by atoms with E-state index in [4.69, 9.17) is 4.74 Å². The molecule has 1 aliphatic carbocycles. The Balaban J connectivity index is 1.70. The van der Waals surface area contributed by atoms with Crippen LogP contribution < -0.4 is 4.74 Å². The van der Waals surface area contributed by atoms with E-state index in [0.717, 1.165) is 36.8 Å². The molecular weight excluding hydrogens is 478 g/mol. The summed E-state index contributed by atoms with van der Waals surface area (Å²) in [5.74, 6) is 0.221. The van der Waals surface area contributed by atoms with Gasteiger partial charge in [-0.05, 0) is 55.2 Å². The molecule has 196 valence electrons. The SMILES string of the molecule is C[C@H](CO)N1C[C@H](C)[C@@H](CN(C)C(=O)C2CCCCC2)Oc2cc(-c3ccncc3)ccc2S1(=O)=O. The molecule has 0 spiro atoms. The third-order valence-electron chi connectivity index (χ3n) is 7.47. The van der Waals surface area contributed by atoms with Gasteiger partial charge in [-0.3, -0.25) is 9.78 Å². The average Bonchev–Trinajstić information content (AvgIpc) is 2.90. The third-order valence-corrected chi connectivity index (χ3v) is 9.48. The number of fused-ring (bicyclic) bond motifs is 1. The minimum atomic E-state index is -3.92. The molecule has 36 heavy (non-hydrogen) atoms. The number of likely N-dealkylation sites (N-methyl/N-ethyl adjacent to an activating group) is 1. The number of hydrogen-bond acceptors (Lipinski definition) is 6. The van der Waals surface area contributed by atoms with Crippen LogP contribution in [0.2, 0.25) is 0 Å². The minimum absolute atomic E-state index is 0.0458. The molecule has 0 saturated heterocycles. The Morgan fingerprint density at radius 2 is 1.86 bits per heavy atom. The summed E-state index contributed by atoms with van der Waals surface area (Å²) in [5.41, 5.74) is 1.71. The predicted octanol–water partition coefficient (Wildman–Crippen LogP) is 3.56. The van der Waals surface area contributed by atoms with E-state index in [9.17, 15) is 18.3 Å². The molecule has 0 unspecified atom stereocenters. The number of aliphatic hydroxyl groups is 1. The Bertz CT molecular complexity index is 1150. The number of carbonyl (C=O) groups is 1. The molecule has 8 nitrogen and oxygen atoms in total. The number of sulfonamides is 1. The molecule has 2 heterocycles. The largest absolute Gasteiger partial charge is 0.487 e. The monoisotopic (exact) mass is 515 g/mol. The predicted molar refractivity (Wildman–Crippen MR) is 138 cm³/mol. The molecule has 1 aliphatic heterocycles. The van der Waals surface area contributed by atoms with Gasteiger partial charge in [0.2, 0.25) is 15.9 Å². The summed E-state index contributed by atoms with van der Waals surface area (Å²) in [5, 5.41) is 9.84. The molecule has 1 amide bonds. The fourth-order valence-electron chi connectivity index (χ4n) is 5.19. The van der Waals surface area contributed by atoms with Gasteiger partial charge in [-0.1, -0.05) is 32.3 Å². The van der Waals surface area contributed by atoms with Crippen molar-refractivity contribution in [3.8, 4) is 16.9 Å². The van der Waals surface area contributed by atoms with Crippen molar-refractivity contribution in [3.63, 3.8) is 0 Å². The van der Waals surface area contributed by atoms with Crippen LogP contribution in [0, 0.1) is 11.8 Å². The van der Waals surface area contributed by atoms with Crippen LogP contribution in [0.1, 0.15) is 46.0 Å². The molecule has 4 rings (SSSR count). The Kier molecular flexibility index (Phi) is 8.32. The highest BCUT2D eigenvalue weighted by molar-refractivity contribution is 7.89. The number of ether oxygens (including phenoxy) is 1. The van der Waals surface area contributed by atoms with Gasteiger partial charge >= 0.3 is 0 Å². The maximum absolute atomic E-state index is 13.7. The zero-order valence-corrected chi connectivity index (χ0v) is 22.2. The molecule has 1 N–H and O–H groups in total. The highest BCUT2D eigenvalue weighted by atomic mass is 32.2. The minimum Gasteiger partial charge on any atom is -0.487 e. The number of nitrogens with zero attached hydrogens (tertiary/aromatic N) is 3. The van der Waals surface area contributed by atoms with Gasteiger partial charge < -0.3 is 14.7 Å². The number of benzene rings is 1. The first-order valence-corrected chi connectivity index (χ1v) is 14.2. The number of hydrogen-bond donors (Lipinski definition) is 1. The molecule has 3 atom stereocenters. The van der Waals surface area contributed by atoms with Crippen LogP contribution in [0.25, 0.3) is 11.1 Å². The molecule has 1 fully saturated rings. The molecule has 1 aromatic heterocycles. The van der Waals surface area contributed by atoms with Crippen molar-refractivity contribution in [3.05, 3.63) is 42.7 Å². The number of carbonyl (C=O) groups excluding carboxylic acids is 1. The van der Waals surface area contributed by atoms with E-state index < -0.39 is 22.2 Å². The number of rotatable bonds is 6. The fraction of sp³-hybridized carbons (Fsp3) is 0.556. The van der Waals surface area contributed by atoms with Crippen molar-refractivity contribution in [2.75, 3.05) is 26.7 Å². The Labute approximate surface area is 214 Å². The summed E-state index contributed by atoms with van der Waals surface area (Å²) in [7, 11) is -2.11. The van der Waals surface area contributed by atoms with E-state index in [1.807, 2.05) is 26.1 Å². The number of aromatic nitrogens is 1. The molecule has 9 heteroatoms. The first-order chi connectivity index (χ1) is 17.2. The number of pyridine rings is 1. The van der Waals surface area contributed by atoms with E-state index in [1.54, 1.807) is 42.4 Å². The lowest BCUT2D eigenvalue weighted by atomic mass is 9.88. The maximum Gasteiger partial charge on any atom is 0.247 e. The summed E-state index contributed by atoms with van der Waals surface area (Å²) >= 11 is 0. The topological polar surface area (TPSA) is 100 Å². The lowest BCUT2D eigenvalue weighted by Gasteiger charge is -2.38. The maximum atomic E-state index is 13.7.